The van der Waals surface area contributed by atoms with E-state index in [1.807, 2.05) is 18.2 Å². The van der Waals surface area contributed by atoms with E-state index in [0.29, 0.717) is 0 Å². The van der Waals surface area contributed by atoms with Gasteiger partial charge in [0.05, 0.1) is 6.10 Å². The maximum atomic E-state index is 9.49. The largest absolute Gasteiger partial charge is 0.393 e. The summed E-state index contributed by atoms with van der Waals surface area (Å²) in [7, 11) is 0. The molecule has 17 heavy (non-hydrogen) atoms. The van der Waals surface area contributed by atoms with Crippen LogP contribution in [0.4, 0.5) is 11.6 Å². The highest BCUT2D eigenvalue weighted by molar-refractivity contribution is 5.47. The Morgan fingerprint density at radius 2 is 2.18 bits per heavy atom. The third-order valence-corrected chi connectivity index (χ3v) is 3.08. The van der Waals surface area contributed by atoms with Crippen molar-refractivity contribution < 1.29 is 5.11 Å². The lowest BCUT2D eigenvalue weighted by Crippen LogP contribution is -2.36. The molecule has 0 aliphatic carbocycles. The Bertz CT molecular complexity index is 348. The molecule has 0 spiro atoms. The van der Waals surface area contributed by atoms with Crippen LogP contribution in [-0.2, 0) is 0 Å². The van der Waals surface area contributed by atoms with Crippen molar-refractivity contribution in [3.8, 4) is 0 Å². The molecule has 2 N–H and O–H groups in total. The molecule has 1 fully saturated rings. The number of aliphatic hydroxyl groups is 1. The zero-order valence-corrected chi connectivity index (χ0v) is 10.4. The highest BCUT2D eigenvalue weighted by Crippen LogP contribution is 2.19. The van der Waals surface area contributed by atoms with Crippen LogP contribution in [0.3, 0.4) is 0 Å². The number of nitrogens with zero attached hydrogens (tertiary/aromatic N) is 2. The molecule has 1 aromatic heterocycles. The van der Waals surface area contributed by atoms with Crippen molar-refractivity contribution in [2.75, 3.05) is 29.9 Å². The number of aromatic nitrogens is 1. The quantitative estimate of drug-likeness (QED) is 0.836. The van der Waals surface area contributed by atoms with Crippen molar-refractivity contribution >= 4 is 11.6 Å². The minimum absolute atomic E-state index is 0.132. The molecule has 4 heteroatoms. The summed E-state index contributed by atoms with van der Waals surface area (Å²) < 4.78 is 0. The lowest BCUT2D eigenvalue weighted by Gasteiger charge is -2.30. The van der Waals surface area contributed by atoms with Gasteiger partial charge in [0.1, 0.15) is 11.6 Å². The van der Waals surface area contributed by atoms with E-state index in [2.05, 4.69) is 22.1 Å². The summed E-state index contributed by atoms with van der Waals surface area (Å²) in [5, 5.41) is 12.8. The molecule has 0 radical (unpaired) electrons. The summed E-state index contributed by atoms with van der Waals surface area (Å²) >= 11 is 0. The molecule has 0 bridgehead atoms. The summed E-state index contributed by atoms with van der Waals surface area (Å²) in [6.07, 6.45) is 2.65. The molecule has 0 unspecified atom stereocenters. The second-order valence-corrected chi connectivity index (χ2v) is 4.53. The lowest BCUT2D eigenvalue weighted by atomic mass is 10.1. The van der Waals surface area contributed by atoms with Gasteiger partial charge < -0.3 is 15.3 Å². The molecule has 1 saturated heterocycles. The summed E-state index contributed by atoms with van der Waals surface area (Å²) in [6, 6.07) is 6.07. The molecule has 0 atom stereocenters. The van der Waals surface area contributed by atoms with Gasteiger partial charge in [0, 0.05) is 19.6 Å². The van der Waals surface area contributed by atoms with Crippen molar-refractivity contribution in [1.29, 1.82) is 0 Å². The monoisotopic (exact) mass is 235 g/mol. The van der Waals surface area contributed by atoms with Gasteiger partial charge in [-0.15, -0.1) is 0 Å². The van der Waals surface area contributed by atoms with Gasteiger partial charge in [-0.2, -0.15) is 0 Å². The van der Waals surface area contributed by atoms with Gasteiger partial charge >= 0.3 is 0 Å². The first-order chi connectivity index (χ1) is 8.29. The predicted molar refractivity (Wildman–Crippen MR) is 70.5 cm³/mol. The van der Waals surface area contributed by atoms with Crippen LogP contribution in [0.5, 0.6) is 0 Å². The molecule has 1 aliphatic rings. The van der Waals surface area contributed by atoms with Crippen molar-refractivity contribution in [2.45, 2.75) is 32.3 Å². The first-order valence-corrected chi connectivity index (χ1v) is 6.43. The predicted octanol–water partition coefficient (Wildman–Crippen LogP) is 1.86. The Hall–Kier alpha value is -1.29. The van der Waals surface area contributed by atoms with Crippen LogP contribution in [0.2, 0.25) is 0 Å². The number of anilines is 2. The van der Waals surface area contributed by atoms with Crippen LogP contribution < -0.4 is 10.2 Å². The molecular formula is C13H21N3O. The van der Waals surface area contributed by atoms with Gasteiger partial charge in [-0.3, -0.25) is 0 Å². The molecular weight excluding hydrogens is 214 g/mol. The molecule has 0 saturated carbocycles. The maximum absolute atomic E-state index is 9.49. The third kappa shape index (κ3) is 3.33. The minimum Gasteiger partial charge on any atom is -0.393 e. The van der Waals surface area contributed by atoms with Crippen LogP contribution >= 0.6 is 0 Å². The van der Waals surface area contributed by atoms with E-state index >= 15 is 0 Å². The van der Waals surface area contributed by atoms with Crippen LogP contribution in [0, 0.1) is 0 Å². The molecule has 2 rings (SSSR count). The molecule has 0 amide bonds. The van der Waals surface area contributed by atoms with E-state index < -0.39 is 0 Å². The third-order valence-electron chi connectivity index (χ3n) is 3.08. The molecule has 1 aromatic rings. The van der Waals surface area contributed by atoms with E-state index in [1.165, 1.54) is 0 Å². The lowest BCUT2D eigenvalue weighted by molar-refractivity contribution is 0.145. The van der Waals surface area contributed by atoms with E-state index in [9.17, 15) is 5.11 Å². The van der Waals surface area contributed by atoms with Gasteiger partial charge in [-0.25, -0.2) is 4.98 Å². The highest BCUT2D eigenvalue weighted by atomic mass is 16.3. The van der Waals surface area contributed by atoms with Crippen molar-refractivity contribution in [3.05, 3.63) is 18.2 Å². The fourth-order valence-electron chi connectivity index (χ4n) is 2.05. The Labute approximate surface area is 103 Å². The van der Waals surface area contributed by atoms with Gasteiger partial charge in [0.25, 0.3) is 0 Å². The highest BCUT2D eigenvalue weighted by Gasteiger charge is 2.17. The number of nitrogens with one attached hydrogen (secondary N) is 1. The van der Waals surface area contributed by atoms with Crippen LogP contribution in [0.25, 0.3) is 0 Å². The number of pyridine rings is 1. The topological polar surface area (TPSA) is 48.4 Å². The summed E-state index contributed by atoms with van der Waals surface area (Å²) in [5.41, 5.74) is 0. The minimum atomic E-state index is -0.132. The zero-order valence-electron chi connectivity index (χ0n) is 10.4. The average Bonchev–Trinajstić information content (AvgIpc) is 2.37. The number of piperidine rings is 1. The number of hydrogen-bond donors (Lipinski definition) is 2. The van der Waals surface area contributed by atoms with E-state index in [4.69, 9.17) is 0 Å². The smallest absolute Gasteiger partial charge is 0.130 e. The molecule has 94 valence electrons. The second kappa shape index (κ2) is 5.87. The van der Waals surface area contributed by atoms with E-state index in [-0.39, 0.29) is 6.10 Å². The summed E-state index contributed by atoms with van der Waals surface area (Å²) in [4.78, 5) is 6.83. The zero-order chi connectivity index (χ0) is 12.1. The normalized spacial score (nSPS) is 17.2. The van der Waals surface area contributed by atoms with Crippen molar-refractivity contribution in [2.24, 2.45) is 0 Å². The Morgan fingerprint density at radius 1 is 1.41 bits per heavy atom. The van der Waals surface area contributed by atoms with Gasteiger partial charge in [-0.05, 0) is 31.4 Å². The average molecular weight is 235 g/mol. The number of aliphatic hydroxyl groups excluding tert-OH is 1. The van der Waals surface area contributed by atoms with Gasteiger partial charge in [-0.1, -0.05) is 13.0 Å². The fourth-order valence-corrected chi connectivity index (χ4v) is 2.05. The van der Waals surface area contributed by atoms with Gasteiger partial charge in [0.2, 0.25) is 0 Å². The van der Waals surface area contributed by atoms with Crippen molar-refractivity contribution in [1.82, 2.24) is 4.98 Å². The second-order valence-electron chi connectivity index (χ2n) is 4.53. The van der Waals surface area contributed by atoms with Crippen molar-refractivity contribution in [3.63, 3.8) is 0 Å². The molecule has 0 aromatic carbocycles. The first-order valence-electron chi connectivity index (χ1n) is 6.43. The van der Waals surface area contributed by atoms with Crippen LogP contribution in [0.15, 0.2) is 18.2 Å². The SMILES string of the molecule is CCCNc1cccc(N2CCC(O)CC2)n1. The Morgan fingerprint density at radius 3 is 2.88 bits per heavy atom. The standard InChI is InChI=1S/C13H21N3O/c1-2-8-14-12-4-3-5-13(15-12)16-9-6-11(17)7-10-16/h3-5,11,17H,2,6-10H2,1H3,(H,14,15). The Kier molecular flexibility index (Phi) is 4.20. The van der Waals surface area contributed by atoms with Crippen LogP contribution in [-0.4, -0.2) is 35.8 Å². The maximum Gasteiger partial charge on any atom is 0.130 e. The van der Waals surface area contributed by atoms with Gasteiger partial charge in [0.15, 0.2) is 0 Å². The summed E-state index contributed by atoms with van der Waals surface area (Å²) in [6.45, 7) is 4.88. The molecule has 2 heterocycles. The summed E-state index contributed by atoms with van der Waals surface area (Å²) in [5.74, 6) is 1.95. The molecule has 4 nitrogen and oxygen atoms in total. The van der Waals surface area contributed by atoms with Crippen LogP contribution in [0.1, 0.15) is 26.2 Å². The van der Waals surface area contributed by atoms with E-state index in [1.54, 1.807) is 0 Å². The molecule has 1 aliphatic heterocycles. The fraction of sp³-hybridized carbons (Fsp3) is 0.615. The number of rotatable bonds is 4. The van der Waals surface area contributed by atoms with E-state index in [0.717, 1.165) is 50.5 Å². The Balaban J connectivity index is 2.00. The first kappa shape index (κ1) is 12.2. The number of hydrogen-bond acceptors (Lipinski definition) is 4.